The molecule has 0 unspecified atom stereocenters. The first-order valence-electron chi connectivity index (χ1n) is 6.18. The molecule has 112 valence electrons. The largest absolute Gasteiger partial charge is 0.398 e. The van der Waals surface area contributed by atoms with Crippen molar-refractivity contribution in [2.24, 2.45) is 0 Å². The van der Waals surface area contributed by atoms with E-state index < -0.39 is 10.0 Å². The van der Waals surface area contributed by atoms with Crippen LogP contribution < -0.4 is 10.5 Å². The molecule has 0 amide bonds. The molecule has 3 N–H and O–H groups in total. The molecular weight excluding hydrogens is 312 g/mol. The van der Waals surface area contributed by atoms with Gasteiger partial charge < -0.3 is 5.73 Å². The van der Waals surface area contributed by atoms with Gasteiger partial charge in [-0.3, -0.25) is 0 Å². The molecule has 0 aliphatic heterocycles. The van der Waals surface area contributed by atoms with E-state index in [0.717, 1.165) is 16.4 Å². The normalized spacial score (nSPS) is 11.4. The molecule has 0 radical (unpaired) electrons. The average Bonchev–Trinajstić information content (AvgIpc) is 2.40. The van der Waals surface area contributed by atoms with Crippen molar-refractivity contribution < 1.29 is 8.42 Å². The van der Waals surface area contributed by atoms with Crippen LogP contribution in [0.3, 0.4) is 0 Å². The van der Waals surface area contributed by atoms with Gasteiger partial charge in [0.25, 0.3) is 0 Å². The summed E-state index contributed by atoms with van der Waals surface area (Å²) in [7, 11) is -3.20. The van der Waals surface area contributed by atoms with Crippen LogP contribution in [0.1, 0.15) is 0 Å². The molecule has 0 saturated heterocycles. The van der Waals surface area contributed by atoms with Crippen LogP contribution in [0.5, 0.6) is 0 Å². The van der Waals surface area contributed by atoms with Crippen LogP contribution in [0.4, 0.5) is 5.69 Å². The topological polar surface area (TPSA) is 72.2 Å². The van der Waals surface area contributed by atoms with Crippen LogP contribution in [0.2, 0.25) is 0 Å². The highest BCUT2D eigenvalue weighted by Gasteiger charge is 2.10. The van der Waals surface area contributed by atoms with Crippen molar-refractivity contribution >= 4 is 39.2 Å². The predicted octanol–water partition coefficient (Wildman–Crippen LogP) is 2.20. The first-order valence-corrected chi connectivity index (χ1v) is 9.97. The summed E-state index contributed by atoms with van der Waals surface area (Å²) in [6, 6.07) is 7.46. The highest BCUT2D eigenvalue weighted by molar-refractivity contribution is 8.00. The second-order valence-corrected chi connectivity index (χ2v) is 8.18. The monoisotopic (exact) mass is 332 g/mol. The van der Waals surface area contributed by atoms with Gasteiger partial charge in [-0.2, -0.15) is 11.8 Å². The standard InChI is InChI=1S/C13H20N2O2S3/c1-2-8-18-9-7-15-20(16,17)11-10-19-13-6-4-3-5-12(13)14/h2-6,15H,1,7-11,14H2. The number of thioether (sulfide) groups is 2. The molecule has 0 saturated carbocycles. The first-order chi connectivity index (χ1) is 9.55. The third kappa shape index (κ3) is 7.23. The van der Waals surface area contributed by atoms with Gasteiger partial charge in [0, 0.05) is 34.4 Å². The lowest BCUT2D eigenvalue weighted by atomic mass is 10.3. The minimum atomic E-state index is -3.20. The van der Waals surface area contributed by atoms with E-state index in [0.29, 0.717) is 18.0 Å². The Morgan fingerprint density at radius 1 is 1.30 bits per heavy atom. The highest BCUT2D eigenvalue weighted by atomic mass is 32.2. The Kier molecular flexibility index (Phi) is 8.13. The number of nitrogens with two attached hydrogens (primary N) is 1. The molecule has 0 aliphatic rings. The zero-order valence-corrected chi connectivity index (χ0v) is 13.7. The van der Waals surface area contributed by atoms with E-state index in [1.807, 2.05) is 24.3 Å². The molecule has 0 aliphatic carbocycles. The van der Waals surface area contributed by atoms with Gasteiger partial charge in [-0.1, -0.05) is 18.2 Å². The molecule has 0 atom stereocenters. The SMILES string of the molecule is C=CCSCCNS(=O)(=O)CCSc1ccccc1N. The van der Waals surface area contributed by atoms with Crippen molar-refractivity contribution in [3.05, 3.63) is 36.9 Å². The quantitative estimate of drug-likeness (QED) is 0.297. The fourth-order valence-electron chi connectivity index (χ4n) is 1.38. The number of hydrogen-bond acceptors (Lipinski definition) is 5. The van der Waals surface area contributed by atoms with Crippen LogP contribution in [0, 0.1) is 0 Å². The molecule has 0 aromatic heterocycles. The Hall–Kier alpha value is -0.630. The Bertz CT molecular complexity index is 518. The van der Waals surface area contributed by atoms with Gasteiger partial charge in [-0.15, -0.1) is 18.3 Å². The van der Waals surface area contributed by atoms with Gasteiger partial charge in [0.1, 0.15) is 0 Å². The fourth-order valence-corrected chi connectivity index (χ4v) is 4.49. The van der Waals surface area contributed by atoms with Gasteiger partial charge in [-0.25, -0.2) is 13.1 Å². The number of anilines is 1. The van der Waals surface area contributed by atoms with E-state index in [-0.39, 0.29) is 5.75 Å². The molecule has 1 aromatic carbocycles. The molecule has 20 heavy (non-hydrogen) atoms. The molecule has 0 spiro atoms. The molecule has 7 heteroatoms. The minimum Gasteiger partial charge on any atom is -0.398 e. The lowest BCUT2D eigenvalue weighted by molar-refractivity contribution is 0.586. The van der Waals surface area contributed by atoms with Gasteiger partial charge >= 0.3 is 0 Å². The van der Waals surface area contributed by atoms with E-state index in [1.165, 1.54) is 11.8 Å². The summed E-state index contributed by atoms with van der Waals surface area (Å²) in [6.07, 6.45) is 1.81. The second kappa shape index (κ2) is 9.33. The third-order valence-electron chi connectivity index (χ3n) is 2.33. The van der Waals surface area contributed by atoms with Gasteiger partial charge in [0.15, 0.2) is 0 Å². The lowest BCUT2D eigenvalue weighted by Gasteiger charge is -2.07. The smallest absolute Gasteiger partial charge is 0.212 e. The van der Waals surface area contributed by atoms with E-state index in [9.17, 15) is 8.42 Å². The number of nitrogens with one attached hydrogen (secondary N) is 1. The number of benzene rings is 1. The Morgan fingerprint density at radius 2 is 2.05 bits per heavy atom. The summed E-state index contributed by atoms with van der Waals surface area (Å²) in [5, 5.41) is 0. The van der Waals surface area contributed by atoms with Crippen molar-refractivity contribution in [2.45, 2.75) is 4.90 Å². The molecule has 0 heterocycles. The predicted molar refractivity (Wildman–Crippen MR) is 90.9 cm³/mol. The molecule has 1 rings (SSSR count). The molecule has 0 fully saturated rings. The number of para-hydroxylation sites is 1. The molecular formula is C13H20N2O2S3. The lowest BCUT2D eigenvalue weighted by Crippen LogP contribution is -2.29. The van der Waals surface area contributed by atoms with Gasteiger partial charge in [0.05, 0.1) is 5.75 Å². The van der Waals surface area contributed by atoms with Crippen molar-refractivity contribution in [3.63, 3.8) is 0 Å². The van der Waals surface area contributed by atoms with Crippen molar-refractivity contribution in [2.75, 3.05) is 35.3 Å². The van der Waals surface area contributed by atoms with Crippen LogP contribution >= 0.6 is 23.5 Å². The van der Waals surface area contributed by atoms with Crippen molar-refractivity contribution in [3.8, 4) is 0 Å². The van der Waals surface area contributed by atoms with Crippen LogP contribution in [-0.2, 0) is 10.0 Å². The number of hydrogen-bond donors (Lipinski definition) is 2. The maximum Gasteiger partial charge on any atom is 0.212 e. The number of nitrogen functional groups attached to an aromatic ring is 1. The molecule has 0 bridgehead atoms. The summed E-state index contributed by atoms with van der Waals surface area (Å²) in [5.41, 5.74) is 6.48. The van der Waals surface area contributed by atoms with Crippen molar-refractivity contribution in [1.82, 2.24) is 4.72 Å². The fraction of sp³-hybridized carbons (Fsp3) is 0.385. The minimum absolute atomic E-state index is 0.0954. The van der Waals surface area contributed by atoms with E-state index in [4.69, 9.17) is 5.73 Å². The maximum absolute atomic E-state index is 11.8. The summed E-state index contributed by atoms with van der Waals surface area (Å²) in [6.45, 7) is 4.07. The second-order valence-electron chi connectivity index (χ2n) is 3.96. The number of sulfonamides is 1. The molecule has 4 nitrogen and oxygen atoms in total. The highest BCUT2D eigenvalue weighted by Crippen LogP contribution is 2.24. The zero-order chi connectivity index (χ0) is 14.8. The Labute approximate surface area is 129 Å². The molecule has 1 aromatic rings. The summed E-state index contributed by atoms with van der Waals surface area (Å²) < 4.78 is 26.1. The number of rotatable bonds is 10. The van der Waals surface area contributed by atoms with E-state index in [2.05, 4.69) is 11.3 Å². The Morgan fingerprint density at radius 3 is 2.75 bits per heavy atom. The third-order valence-corrected chi connectivity index (χ3v) is 6.03. The zero-order valence-electron chi connectivity index (χ0n) is 11.2. The van der Waals surface area contributed by atoms with Gasteiger partial charge in [0.2, 0.25) is 10.0 Å². The maximum atomic E-state index is 11.8. The summed E-state index contributed by atoms with van der Waals surface area (Å²) in [5.74, 6) is 2.18. The van der Waals surface area contributed by atoms with Crippen LogP contribution in [0.25, 0.3) is 0 Å². The van der Waals surface area contributed by atoms with E-state index >= 15 is 0 Å². The van der Waals surface area contributed by atoms with Crippen LogP contribution in [0.15, 0.2) is 41.8 Å². The Balaban J connectivity index is 2.26. The van der Waals surface area contributed by atoms with Crippen molar-refractivity contribution in [1.29, 1.82) is 0 Å². The summed E-state index contributed by atoms with van der Waals surface area (Å²) in [4.78, 5) is 0.921. The average molecular weight is 333 g/mol. The van der Waals surface area contributed by atoms with Crippen LogP contribution in [-0.4, -0.2) is 38.0 Å². The summed E-state index contributed by atoms with van der Waals surface area (Å²) >= 11 is 3.11. The van der Waals surface area contributed by atoms with Gasteiger partial charge in [-0.05, 0) is 12.1 Å². The van der Waals surface area contributed by atoms with E-state index in [1.54, 1.807) is 17.8 Å². The first kappa shape index (κ1) is 17.4.